The van der Waals surface area contributed by atoms with Crippen LogP contribution in [0, 0.1) is 40.9 Å². The molecule has 0 heterocycles. The van der Waals surface area contributed by atoms with Crippen LogP contribution in [0.1, 0.15) is 16.7 Å². The molecule has 0 amide bonds. The Morgan fingerprint density at radius 2 is 1.29 bits per heavy atom. The van der Waals surface area contributed by atoms with E-state index < -0.39 is 34.6 Å². The van der Waals surface area contributed by atoms with E-state index in [1.54, 1.807) is 0 Å². The van der Waals surface area contributed by atoms with Gasteiger partial charge in [-0.3, -0.25) is 0 Å². The largest absolute Gasteiger partial charge is 0.205 e. The van der Waals surface area contributed by atoms with Gasteiger partial charge in [0, 0.05) is 5.56 Å². The summed E-state index contributed by atoms with van der Waals surface area (Å²) >= 11 is 0. The van der Waals surface area contributed by atoms with Crippen molar-refractivity contribution in [3.63, 3.8) is 0 Å². The lowest BCUT2D eigenvalue weighted by molar-refractivity contribution is 0.446. The first-order valence-electron chi connectivity index (χ1n) is 5.70. The normalized spacial score (nSPS) is 9.95. The van der Waals surface area contributed by atoms with E-state index in [0.29, 0.717) is 12.1 Å². The average Bonchev–Trinajstić information content (AvgIpc) is 2.43. The third kappa shape index (κ3) is 3.11. The van der Waals surface area contributed by atoms with Gasteiger partial charge in [0.2, 0.25) is 0 Å². The smallest absolute Gasteiger partial charge is 0.194 e. The van der Waals surface area contributed by atoms with Gasteiger partial charge >= 0.3 is 0 Å². The number of hydrogen-bond donors (Lipinski definition) is 0. The van der Waals surface area contributed by atoms with Crippen molar-refractivity contribution < 1.29 is 22.0 Å². The second-order valence-corrected chi connectivity index (χ2v) is 4.07. The summed E-state index contributed by atoms with van der Waals surface area (Å²) in [5, 5.41) is 0. The molecule has 0 saturated carbocycles. The third-order valence-corrected chi connectivity index (χ3v) is 2.62. The van der Waals surface area contributed by atoms with Crippen molar-refractivity contribution in [3.8, 4) is 11.8 Å². The molecule has 2 rings (SSSR count). The highest BCUT2D eigenvalue weighted by molar-refractivity contribution is 5.52. The predicted molar refractivity (Wildman–Crippen MR) is 68.7 cm³/mol. The predicted octanol–water partition coefficient (Wildman–Crippen LogP) is 4.42. The van der Waals surface area contributed by atoms with Gasteiger partial charge in [-0.05, 0) is 29.8 Å². The van der Waals surface area contributed by atoms with E-state index in [9.17, 15) is 22.0 Å². The topological polar surface area (TPSA) is 0 Å². The van der Waals surface area contributed by atoms with E-state index in [1.807, 2.05) is 0 Å². The molecule has 0 atom stereocenters. The van der Waals surface area contributed by atoms with Gasteiger partial charge < -0.3 is 0 Å². The minimum atomic E-state index is -1.63. The summed E-state index contributed by atoms with van der Waals surface area (Å²) in [4.78, 5) is 0. The molecule has 0 saturated heterocycles. The fourth-order valence-corrected chi connectivity index (χ4v) is 1.59. The van der Waals surface area contributed by atoms with Crippen LogP contribution >= 0.6 is 0 Å². The minimum Gasteiger partial charge on any atom is -0.205 e. The molecule has 2 aromatic rings. The fraction of sp³-hybridized carbons (Fsp3) is 0. The van der Waals surface area contributed by atoms with Gasteiger partial charge in [0.1, 0.15) is 11.6 Å². The quantitative estimate of drug-likeness (QED) is 0.415. The molecule has 106 valence electrons. The first-order valence-corrected chi connectivity index (χ1v) is 5.70. The molecular weight excluding hydrogens is 287 g/mol. The van der Waals surface area contributed by atoms with E-state index in [0.717, 1.165) is 12.1 Å². The van der Waals surface area contributed by atoms with Gasteiger partial charge in [-0.25, -0.2) is 22.0 Å². The van der Waals surface area contributed by atoms with Gasteiger partial charge in [0.15, 0.2) is 17.5 Å². The lowest BCUT2D eigenvalue weighted by Gasteiger charge is -2.00. The van der Waals surface area contributed by atoms with Gasteiger partial charge in [-0.1, -0.05) is 24.5 Å². The van der Waals surface area contributed by atoms with Crippen molar-refractivity contribution in [1.82, 2.24) is 0 Å². The van der Waals surface area contributed by atoms with Crippen molar-refractivity contribution in [2.75, 3.05) is 0 Å². The number of halogens is 5. The fourth-order valence-electron chi connectivity index (χ4n) is 1.59. The molecule has 0 unspecified atom stereocenters. The van der Waals surface area contributed by atoms with Crippen LogP contribution in [0.5, 0.6) is 0 Å². The van der Waals surface area contributed by atoms with Crippen LogP contribution in [0.3, 0.4) is 0 Å². The van der Waals surface area contributed by atoms with E-state index in [-0.39, 0.29) is 11.1 Å². The molecule has 0 radical (unpaired) electrons. The molecule has 0 bridgehead atoms. The van der Waals surface area contributed by atoms with Gasteiger partial charge in [-0.2, -0.15) is 0 Å². The first-order chi connectivity index (χ1) is 9.92. The third-order valence-electron chi connectivity index (χ3n) is 2.62. The zero-order valence-electron chi connectivity index (χ0n) is 10.5. The zero-order valence-corrected chi connectivity index (χ0v) is 10.5. The number of hydrogen-bond acceptors (Lipinski definition) is 0. The van der Waals surface area contributed by atoms with Crippen molar-refractivity contribution in [3.05, 3.63) is 76.6 Å². The molecule has 0 fully saturated rings. The average molecular weight is 294 g/mol. The van der Waals surface area contributed by atoms with Crippen molar-refractivity contribution in [1.29, 1.82) is 0 Å². The summed E-state index contributed by atoms with van der Waals surface area (Å²) in [7, 11) is 0. The second-order valence-electron chi connectivity index (χ2n) is 4.07. The van der Waals surface area contributed by atoms with Crippen LogP contribution in [0.25, 0.3) is 6.08 Å². The molecule has 21 heavy (non-hydrogen) atoms. The monoisotopic (exact) mass is 294 g/mol. The van der Waals surface area contributed by atoms with Crippen LogP contribution in [0.4, 0.5) is 22.0 Å². The summed E-state index contributed by atoms with van der Waals surface area (Å²) in [6, 6.07) is 3.32. The van der Waals surface area contributed by atoms with Crippen molar-refractivity contribution >= 4 is 6.08 Å². The highest BCUT2D eigenvalue weighted by Crippen LogP contribution is 2.16. The van der Waals surface area contributed by atoms with Gasteiger partial charge in [0.25, 0.3) is 0 Å². The highest BCUT2D eigenvalue weighted by Gasteiger charge is 2.10. The Bertz CT molecular complexity index is 735. The Kier molecular flexibility index (Phi) is 4.08. The van der Waals surface area contributed by atoms with Crippen LogP contribution in [0.2, 0.25) is 0 Å². The van der Waals surface area contributed by atoms with Crippen LogP contribution in [-0.2, 0) is 0 Å². The summed E-state index contributed by atoms with van der Waals surface area (Å²) in [5.41, 5.74) is -0.557. The summed E-state index contributed by atoms with van der Waals surface area (Å²) in [5.74, 6) is -2.03. The number of benzene rings is 2. The Morgan fingerprint density at radius 1 is 0.762 bits per heavy atom. The maximum absolute atomic E-state index is 13.6. The molecule has 2 aromatic carbocycles. The molecule has 0 aliphatic carbocycles. The lowest BCUT2D eigenvalue weighted by atomic mass is 10.1. The second kappa shape index (κ2) is 5.80. The summed E-state index contributed by atoms with van der Waals surface area (Å²) in [6.07, 6.45) is 1.26. The maximum atomic E-state index is 13.6. The highest BCUT2D eigenvalue weighted by atomic mass is 19.2. The Hall–Kier alpha value is -2.61. The maximum Gasteiger partial charge on any atom is 0.194 e. The molecule has 0 N–H and O–H groups in total. The molecule has 0 aromatic heterocycles. The lowest BCUT2D eigenvalue weighted by Crippen LogP contribution is -1.93. The minimum absolute atomic E-state index is 0.231. The molecule has 0 aliphatic rings. The van der Waals surface area contributed by atoms with Crippen molar-refractivity contribution in [2.24, 2.45) is 0 Å². The van der Waals surface area contributed by atoms with E-state index in [2.05, 4.69) is 18.4 Å². The molecular formula is C16H7F5. The first kappa shape index (κ1) is 14.8. The molecule has 0 spiro atoms. The molecule has 5 heteroatoms. The Morgan fingerprint density at radius 3 is 1.76 bits per heavy atom. The summed E-state index contributed by atoms with van der Waals surface area (Å²) < 4.78 is 66.0. The number of rotatable bonds is 1. The Labute approximate surface area is 117 Å². The Balaban J connectivity index is 2.47. The molecule has 0 aliphatic heterocycles. The van der Waals surface area contributed by atoms with Crippen LogP contribution < -0.4 is 0 Å². The zero-order chi connectivity index (χ0) is 15.6. The van der Waals surface area contributed by atoms with Crippen molar-refractivity contribution in [2.45, 2.75) is 0 Å². The van der Waals surface area contributed by atoms with E-state index in [4.69, 9.17) is 0 Å². The van der Waals surface area contributed by atoms with E-state index >= 15 is 0 Å². The van der Waals surface area contributed by atoms with Gasteiger partial charge in [-0.15, -0.1) is 0 Å². The standard InChI is InChI=1S/C16H7F5/c1-2-9-5-12(17)11(13(18)6-9)4-3-10-7-14(19)16(21)15(20)8-10/h2,5-8H,1H2. The van der Waals surface area contributed by atoms with Gasteiger partial charge in [0.05, 0.1) is 5.56 Å². The van der Waals surface area contributed by atoms with Crippen LogP contribution in [0.15, 0.2) is 30.8 Å². The van der Waals surface area contributed by atoms with Crippen LogP contribution in [-0.4, -0.2) is 0 Å². The van der Waals surface area contributed by atoms with E-state index in [1.165, 1.54) is 6.08 Å². The molecule has 0 nitrogen and oxygen atoms in total. The summed E-state index contributed by atoms with van der Waals surface area (Å²) in [6.45, 7) is 3.38. The SMILES string of the molecule is C=Cc1cc(F)c(C#Cc2cc(F)c(F)c(F)c2)c(F)c1.